The summed E-state index contributed by atoms with van der Waals surface area (Å²) in [5.74, 6) is -0.443. The van der Waals surface area contributed by atoms with Crippen molar-refractivity contribution >= 4 is 17.4 Å². The molecule has 0 radical (unpaired) electrons. The Labute approximate surface area is 117 Å². The highest BCUT2D eigenvalue weighted by Crippen LogP contribution is 2.24. The van der Waals surface area contributed by atoms with Gasteiger partial charge in [0, 0.05) is 12.1 Å². The molecular weight excluding hydrogens is 252 g/mol. The fourth-order valence-electron chi connectivity index (χ4n) is 2.19. The van der Waals surface area contributed by atoms with Crippen LogP contribution in [0.1, 0.15) is 19.4 Å². The molecule has 1 aliphatic rings. The third kappa shape index (κ3) is 2.74. The maximum Gasteiger partial charge on any atom is 0.254 e. The first-order chi connectivity index (χ1) is 9.50. The van der Waals surface area contributed by atoms with Crippen LogP contribution >= 0.6 is 0 Å². The lowest BCUT2D eigenvalue weighted by molar-refractivity contribution is -0.117. The summed E-state index contributed by atoms with van der Waals surface area (Å²) in [6.07, 6.45) is 1.45. The summed E-state index contributed by atoms with van der Waals surface area (Å²) in [6.45, 7) is 3.54. The van der Waals surface area contributed by atoms with Crippen LogP contribution in [0.3, 0.4) is 0 Å². The zero-order chi connectivity index (χ0) is 14.7. The molecule has 0 fully saturated rings. The van der Waals surface area contributed by atoms with E-state index in [0.717, 1.165) is 5.56 Å². The Balaban J connectivity index is 2.11. The van der Waals surface area contributed by atoms with Crippen LogP contribution in [-0.2, 0) is 16.1 Å². The molecule has 2 N–H and O–H groups in total. The summed E-state index contributed by atoms with van der Waals surface area (Å²) < 4.78 is 0. The van der Waals surface area contributed by atoms with Crippen molar-refractivity contribution in [2.75, 3.05) is 0 Å². The van der Waals surface area contributed by atoms with E-state index in [4.69, 9.17) is 5.41 Å². The zero-order valence-electron chi connectivity index (χ0n) is 11.5. The van der Waals surface area contributed by atoms with Crippen molar-refractivity contribution in [2.24, 2.45) is 0 Å². The highest BCUT2D eigenvalue weighted by Gasteiger charge is 2.26. The Morgan fingerprint density at radius 2 is 1.85 bits per heavy atom. The molecule has 0 aromatic heterocycles. The molecule has 1 aliphatic carbocycles. The monoisotopic (exact) mass is 268 g/mol. The molecule has 4 nitrogen and oxygen atoms in total. The second-order valence-electron chi connectivity index (χ2n) is 4.70. The quantitative estimate of drug-likeness (QED) is 0.878. The number of ketones is 1. The highest BCUT2D eigenvalue weighted by molar-refractivity contribution is 6.30. The van der Waals surface area contributed by atoms with Crippen molar-refractivity contribution in [1.29, 1.82) is 5.41 Å². The Bertz CT molecular complexity index is 640. The highest BCUT2D eigenvalue weighted by atomic mass is 16.1. The number of carbonyl (C=O) groups excluding carboxylic acids is 2. The molecule has 0 saturated carbocycles. The van der Waals surface area contributed by atoms with Crippen LogP contribution in [0.25, 0.3) is 0 Å². The molecule has 1 amide bonds. The van der Waals surface area contributed by atoms with Gasteiger partial charge in [0.05, 0.1) is 11.3 Å². The lowest BCUT2D eigenvalue weighted by Crippen LogP contribution is -2.27. The van der Waals surface area contributed by atoms with E-state index in [1.54, 1.807) is 6.92 Å². The van der Waals surface area contributed by atoms with Crippen LogP contribution in [0.2, 0.25) is 0 Å². The molecule has 0 bridgehead atoms. The first-order valence-electron chi connectivity index (χ1n) is 6.35. The van der Waals surface area contributed by atoms with Crippen molar-refractivity contribution in [2.45, 2.75) is 20.4 Å². The van der Waals surface area contributed by atoms with Gasteiger partial charge < -0.3 is 10.7 Å². The molecule has 0 unspecified atom stereocenters. The molecule has 4 heteroatoms. The fraction of sp³-hybridized carbons (Fsp3) is 0.188. The Kier molecular flexibility index (Phi) is 3.94. The molecule has 2 rings (SSSR count). The molecule has 0 heterocycles. The van der Waals surface area contributed by atoms with Crippen LogP contribution in [0.5, 0.6) is 0 Å². The van der Waals surface area contributed by atoms with Gasteiger partial charge in [0.1, 0.15) is 0 Å². The Hall–Kier alpha value is -2.49. The first-order valence-corrected chi connectivity index (χ1v) is 6.35. The molecule has 1 aromatic carbocycles. The van der Waals surface area contributed by atoms with Gasteiger partial charge in [-0.1, -0.05) is 30.3 Å². The number of hydrogen-bond acceptors (Lipinski definition) is 3. The fourth-order valence-corrected chi connectivity index (χ4v) is 2.19. The van der Waals surface area contributed by atoms with Gasteiger partial charge in [0.2, 0.25) is 0 Å². The standard InChI is InChI=1S/C16H16N2O2/c1-10-13(11(2)19)8-14(17)15(10)16(20)18-9-12-6-4-3-5-7-12/h3-8,17H,9H2,1-2H3,(H,18,20). The van der Waals surface area contributed by atoms with E-state index in [1.165, 1.54) is 13.0 Å². The smallest absolute Gasteiger partial charge is 0.254 e. The van der Waals surface area contributed by atoms with Crippen molar-refractivity contribution in [1.82, 2.24) is 5.32 Å². The summed E-state index contributed by atoms with van der Waals surface area (Å²) in [5.41, 5.74) is 2.39. The van der Waals surface area contributed by atoms with Gasteiger partial charge in [-0.2, -0.15) is 0 Å². The number of Topliss-reactive ketones (excluding diaryl/α,β-unsaturated/α-hetero) is 1. The van der Waals surface area contributed by atoms with Crippen LogP contribution in [0.15, 0.2) is 53.1 Å². The second kappa shape index (κ2) is 5.65. The topological polar surface area (TPSA) is 70.0 Å². The predicted molar refractivity (Wildman–Crippen MR) is 77.5 cm³/mol. The Morgan fingerprint density at radius 3 is 2.40 bits per heavy atom. The summed E-state index contributed by atoms with van der Waals surface area (Å²) >= 11 is 0. The molecule has 20 heavy (non-hydrogen) atoms. The number of benzene rings is 1. The van der Waals surface area contributed by atoms with Crippen molar-refractivity contribution < 1.29 is 9.59 Å². The van der Waals surface area contributed by atoms with Gasteiger partial charge in [0.25, 0.3) is 5.91 Å². The van der Waals surface area contributed by atoms with Gasteiger partial charge in [-0.05, 0) is 31.1 Å². The molecule has 0 spiro atoms. The van der Waals surface area contributed by atoms with Crippen LogP contribution in [-0.4, -0.2) is 17.4 Å². The first kappa shape index (κ1) is 13.9. The number of rotatable bonds is 4. The number of carbonyl (C=O) groups is 2. The lowest BCUT2D eigenvalue weighted by atomic mass is 10.0. The van der Waals surface area contributed by atoms with E-state index >= 15 is 0 Å². The van der Waals surface area contributed by atoms with Gasteiger partial charge in [-0.25, -0.2) is 0 Å². The minimum Gasteiger partial charge on any atom is -0.348 e. The van der Waals surface area contributed by atoms with Crippen LogP contribution in [0.4, 0.5) is 0 Å². The molecular formula is C16H16N2O2. The van der Waals surface area contributed by atoms with Crippen LogP contribution < -0.4 is 5.32 Å². The number of amides is 1. The van der Waals surface area contributed by atoms with E-state index in [2.05, 4.69) is 5.32 Å². The normalized spacial score (nSPS) is 14.3. The minimum absolute atomic E-state index is 0.0956. The van der Waals surface area contributed by atoms with Gasteiger partial charge >= 0.3 is 0 Å². The summed E-state index contributed by atoms with van der Waals surface area (Å²) in [5, 5.41) is 10.6. The Morgan fingerprint density at radius 1 is 1.20 bits per heavy atom. The van der Waals surface area contributed by atoms with E-state index in [9.17, 15) is 9.59 Å². The largest absolute Gasteiger partial charge is 0.348 e. The average Bonchev–Trinajstić information content (AvgIpc) is 2.73. The second-order valence-corrected chi connectivity index (χ2v) is 4.70. The van der Waals surface area contributed by atoms with Crippen molar-refractivity contribution in [3.05, 3.63) is 58.7 Å². The molecule has 0 saturated heterocycles. The minimum atomic E-state index is -0.316. The third-order valence-corrected chi connectivity index (χ3v) is 3.24. The number of allylic oxidation sites excluding steroid dienone is 3. The average molecular weight is 268 g/mol. The van der Waals surface area contributed by atoms with Crippen molar-refractivity contribution in [3.63, 3.8) is 0 Å². The zero-order valence-corrected chi connectivity index (χ0v) is 11.5. The lowest BCUT2D eigenvalue weighted by Gasteiger charge is -2.08. The number of nitrogens with one attached hydrogen (secondary N) is 2. The predicted octanol–water partition coefficient (Wildman–Crippen LogP) is 2.17. The third-order valence-electron chi connectivity index (χ3n) is 3.24. The maximum absolute atomic E-state index is 12.2. The molecule has 0 atom stereocenters. The SMILES string of the molecule is CC(=O)C1=CC(=N)C(C(=O)NCc2ccccc2)=C1C. The van der Waals surface area contributed by atoms with Crippen molar-refractivity contribution in [3.8, 4) is 0 Å². The van der Waals surface area contributed by atoms with E-state index in [0.29, 0.717) is 17.7 Å². The van der Waals surface area contributed by atoms with Gasteiger partial charge in [-0.15, -0.1) is 0 Å². The van der Waals surface area contributed by atoms with Gasteiger partial charge in [-0.3, -0.25) is 9.59 Å². The van der Waals surface area contributed by atoms with Gasteiger partial charge in [0.15, 0.2) is 5.78 Å². The van der Waals surface area contributed by atoms with E-state index in [1.807, 2.05) is 30.3 Å². The van der Waals surface area contributed by atoms with E-state index < -0.39 is 0 Å². The molecule has 102 valence electrons. The maximum atomic E-state index is 12.2. The number of hydrogen-bond donors (Lipinski definition) is 2. The van der Waals surface area contributed by atoms with Crippen LogP contribution in [0, 0.1) is 5.41 Å². The molecule has 0 aliphatic heterocycles. The molecule has 1 aromatic rings. The summed E-state index contributed by atoms with van der Waals surface area (Å²) in [6, 6.07) is 9.55. The summed E-state index contributed by atoms with van der Waals surface area (Å²) in [7, 11) is 0. The summed E-state index contributed by atoms with van der Waals surface area (Å²) in [4.78, 5) is 23.6. The van der Waals surface area contributed by atoms with E-state index in [-0.39, 0.29) is 23.0 Å².